The van der Waals surface area contributed by atoms with Gasteiger partial charge in [-0.15, -0.1) is 22.7 Å². The number of hydrogen-bond acceptors (Lipinski definition) is 7. The Balaban J connectivity index is 1.53. The van der Waals surface area contributed by atoms with Gasteiger partial charge in [0.25, 0.3) is 5.56 Å². The maximum atomic E-state index is 12.0. The van der Waals surface area contributed by atoms with Crippen molar-refractivity contribution in [2.45, 2.75) is 12.6 Å². The molecule has 0 bridgehead atoms. The predicted octanol–water partition coefficient (Wildman–Crippen LogP) is 1.79. The Labute approximate surface area is 134 Å². The minimum absolute atomic E-state index is 0.0142. The standard InChI is InChI=1S/C14H14N4O2S2/c19-12-7-10(16-14-18(12)3-6-22-14)8-17-2-4-20-11(9-17)13-15-1-5-21-13/h1,3,5-7,11H,2,4,8-9H2. The first-order valence-corrected chi connectivity index (χ1v) is 8.75. The van der Waals surface area contributed by atoms with Crippen molar-refractivity contribution in [2.75, 3.05) is 19.7 Å². The van der Waals surface area contributed by atoms with Crippen molar-refractivity contribution in [1.29, 1.82) is 0 Å². The van der Waals surface area contributed by atoms with E-state index in [1.54, 1.807) is 34.2 Å². The van der Waals surface area contributed by atoms with E-state index in [1.807, 2.05) is 10.8 Å². The number of morpholine rings is 1. The highest BCUT2D eigenvalue weighted by molar-refractivity contribution is 7.15. The van der Waals surface area contributed by atoms with Crippen LogP contribution in [0, 0.1) is 0 Å². The summed E-state index contributed by atoms with van der Waals surface area (Å²) in [5.41, 5.74) is 0.790. The first kappa shape index (κ1) is 14.0. The van der Waals surface area contributed by atoms with Crippen molar-refractivity contribution in [3.8, 4) is 0 Å². The second kappa shape index (κ2) is 5.88. The van der Waals surface area contributed by atoms with Crippen LogP contribution in [-0.2, 0) is 11.3 Å². The highest BCUT2D eigenvalue weighted by Gasteiger charge is 2.24. The Morgan fingerprint density at radius 3 is 3.18 bits per heavy atom. The minimum atomic E-state index is -0.0222. The number of nitrogens with zero attached hydrogens (tertiary/aromatic N) is 4. The Bertz CT molecular complexity index is 827. The number of ether oxygens (including phenoxy) is 1. The Morgan fingerprint density at radius 2 is 2.32 bits per heavy atom. The van der Waals surface area contributed by atoms with E-state index in [0.29, 0.717) is 13.2 Å². The van der Waals surface area contributed by atoms with Gasteiger partial charge < -0.3 is 4.74 Å². The van der Waals surface area contributed by atoms with Gasteiger partial charge in [-0.05, 0) is 0 Å². The summed E-state index contributed by atoms with van der Waals surface area (Å²) >= 11 is 3.09. The van der Waals surface area contributed by atoms with Crippen LogP contribution in [0.1, 0.15) is 16.8 Å². The third kappa shape index (κ3) is 2.70. The van der Waals surface area contributed by atoms with Crippen molar-refractivity contribution in [1.82, 2.24) is 19.3 Å². The quantitative estimate of drug-likeness (QED) is 0.731. The second-order valence-electron chi connectivity index (χ2n) is 5.11. The molecule has 3 aromatic heterocycles. The molecule has 0 spiro atoms. The monoisotopic (exact) mass is 334 g/mol. The summed E-state index contributed by atoms with van der Waals surface area (Å²) in [5, 5.41) is 4.84. The van der Waals surface area contributed by atoms with Crippen molar-refractivity contribution < 1.29 is 4.74 Å². The van der Waals surface area contributed by atoms with Gasteiger partial charge in [-0.1, -0.05) is 0 Å². The van der Waals surface area contributed by atoms with Gasteiger partial charge in [0.05, 0.1) is 12.3 Å². The maximum absolute atomic E-state index is 12.0. The molecule has 1 saturated heterocycles. The van der Waals surface area contributed by atoms with E-state index in [2.05, 4.69) is 14.9 Å². The molecule has 0 saturated carbocycles. The van der Waals surface area contributed by atoms with Gasteiger partial charge in [-0.2, -0.15) is 0 Å². The van der Waals surface area contributed by atoms with E-state index in [0.717, 1.165) is 28.8 Å². The van der Waals surface area contributed by atoms with Crippen molar-refractivity contribution in [3.63, 3.8) is 0 Å². The number of hydrogen-bond donors (Lipinski definition) is 0. The molecular formula is C14H14N4O2S2. The van der Waals surface area contributed by atoms with Crippen molar-refractivity contribution in [3.05, 3.63) is 50.3 Å². The van der Waals surface area contributed by atoms with E-state index < -0.39 is 0 Å². The molecule has 1 aliphatic heterocycles. The van der Waals surface area contributed by atoms with E-state index in [1.165, 1.54) is 11.3 Å². The zero-order chi connectivity index (χ0) is 14.9. The summed E-state index contributed by atoms with van der Waals surface area (Å²) in [6.45, 7) is 2.95. The average Bonchev–Trinajstić information content (AvgIpc) is 3.19. The molecule has 22 heavy (non-hydrogen) atoms. The molecule has 114 valence electrons. The zero-order valence-electron chi connectivity index (χ0n) is 11.7. The number of thiazole rings is 2. The fraction of sp³-hybridized carbons (Fsp3) is 0.357. The van der Waals surface area contributed by atoms with E-state index in [-0.39, 0.29) is 11.7 Å². The van der Waals surface area contributed by atoms with Crippen LogP contribution in [0.2, 0.25) is 0 Å². The molecule has 0 N–H and O–H groups in total. The molecule has 1 unspecified atom stereocenters. The molecule has 6 nitrogen and oxygen atoms in total. The molecule has 4 rings (SSSR count). The second-order valence-corrected chi connectivity index (χ2v) is 6.91. The number of aromatic nitrogens is 3. The molecule has 0 amide bonds. The Morgan fingerprint density at radius 1 is 1.36 bits per heavy atom. The summed E-state index contributed by atoms with van der Waals surface area (Å²) in [4.78, 5) is 23.9. The summed E-state index contributed by atoms with van der Waals surface area (Å²) in [6, 6.07) is 1.62. The van der Waals surface area contributed by atoms with Gasteiger partial charge in [0.1, 0.15) is 11.1 Å². The van der Waals surface area contributed by atoms with Crippen LogP contribution < -0.4 is 5.56 Å². The molecule has 8 heteroatoms. The van der Waals surface area contributed by atoms with Crippen LogP contribution in [0.15, 0.2) is 34.0 Å². The zero-order valence-corrected chi connectivity index (χ0v) is 13.3. The van der Waals surface area contributed by atoms with Crippen LogP contribution in [0.5, 0.6) is 0 Å². The summed E-state index contributed by atoms with van der Waals surface area (Å²) in [5.74, 6) is 0. The van der Waals surface area contributed by atoms with E-state index >= 15 is 0 Å². The number of fused-ring (bicyclic) bond motifs is 1. The lowest BCUT2D eigenvalue weighted by Crippen LogP contribution is -2.38. The lowest BCUT2D eigenvalue weighted by atomic mass is 10.2. The maximum Gasteiger partial charge on any atom is 0.258 e. The largest absolute Gasteiger partial charge is 0.368 e. The lowest BCUT2D eigenvalue weighted by molar-refractivity contribution is -0.0333. The summed E-state index contributed by atoms with van der Waals surface area (Å²) in [7, 11) is 0. The molecule has 3 aromatic rings. The molecule has 0 aromatic carbocycles. The smallest absolute Gasteiger partial charge is 0.258 e. The fourth-order valence-corrected chi connectivity index (χ4v) is 4.00. The third-order valence-corrected chi connectivity index (χ3v) is 5.24. The Kier molecular flexibility index (Phi) is 3.75. The lowest BCUT2D eigenvalue weighted by Gasteiger charge is -2.31. The summed E-state index contributed by atoms with van der Waals surface area (Å²) in [6.07, 6.45) is 3.57. The summed E-state index contributed by atoms with van der Waals surface area (Å²) < 4.78 is 7.37. The molecule has 1 atom stereocenters. The highest BCUT2D eigenvalue weighted by atomic mass is 32.1. The van der Waals surface area contributed by atoms with Crippen LogP contribution in [-0.4, -0.2) is 39.0 Å². The van der Waals surface area contributed by atoms with Gasteiger partial charge in [0, 0.05) is 48.9 Å². The average molecular weight is 334 g/mol. The highest BCUT2D eigenvalue weighted by Crippen LogP contribution is 2.24. The van der Waals surface area contributed by atoms with Gasteiger partial charge in [0.2, 0.25) is 0 Å². The van der Waals surface area contributed by atoms with Crippen LogP contribution in [0.25, 0.3) is 4.96 Å². The number of rotatable bonds is 3. The predicted molar refractivity (Wildman–Crippen MR) is 85.4 cm³/mol. The van der Waals surface area contributed by atoms with Gasteiger partial charge >= 0.3 is 0 Å². The molecular weight excluding hydrogens is 320 g/mol. The van der Waals surface area contributed by atoms with Gasteiger partial charge in [-0.25, -0.2) is 9.97 Å². The van der Waals surface area contributed by atoms with Gasteiger partial charge in [0.15, 0.2) is 4.96 Å². The first-order valence-electron chi connectivity index (χ1n) is 6.99. The minimum Gasteiger partial charge on any atom is -0.368 e. The topological polar surface area (TPSA) is 59.7 Å². The van der Waals surface area contributed by atoms with Gasteiger partial charge in [-0.3, -0.25) is 14.1 Å². The molecule has 1 fully saturated rings. The molecule has 0 radical (unpaired) electrons. The fourth-order valence-electron chi connectivity index (χ4n) is 2.59. The van der Waals surface area contributed by atoms with Crippen LogP contribution in [0.4, 0.5) is 0 Å². The van der Waals surface area contributed by atoms with Crippen LogP contribution >= 0.6 is 22.7 Å². The van der Waals surface area contributed by atoms with Crippen molar-refractivity contribution >= 4 is 27.6 Å². The van der Waals surface area contributed by atoms with E-state index in [9.17, 15) is 4.79 Å². The van der Waals surface area contributed by atoms with Crippen molar-refractivity contribution in [2.24, 2.45) is 0 Å². The SMILES string of the molecule is O=c1cc(CN2CCOC(c3nccs3)C2)nc2sccn12. The molecule has 0 aliphatic carbocycles. The van der Waals surface area contributed by atoms with E-state index in [4.69, 9.17) is 4.74 Å². The molecule has 1 aliphatic rings. The van der Waals surface area contributed by atoms with Crippen LogP contribution in [0.3, 0.4) is 0 Å². The first-order chi connectivity index (χ1) is 10.8. The third-order valence-electron chi connectivity index (χ3n) is 3.62. The Hall–Kier alpha value is -1.61. The normalized spacial score (nSPS) is 19.7. The molecule has 4 heterocycles.